The van der Waals surface area contributed by atoms with Crippen molar-refractivity contribution in [3.05, 3.63) is 139 Å². The molecule has 0 aliphatic carbocycles. The van der Waals surface area contributed by atoms with E-state index in [9.17, 15) is 9.59 Å². The van der Waals surface area contributed by atoms with Crippen molar-refractivity contribution >= 4 is 28.9 Å². The number of para-hydroxylation sites is 2. The average Bonchev–Trinajstić information content (AvgIpc) is 3.30. The molecule has 0 radical (unpaired) electrons. The summed E-state index contributed by atoms with van der Waals surface area (Å²) in [6, 6.07) is 40.2. The zero-order valence-electron chi connectivity index (χ0n) is 25.9. The van der Waals surface area contributed by atoms with E-state index in [0.29, 0.717) is 30.0 Å². The molecule has 0 aromatic heterocycles. The number of benzene rings is 5. The summed E-state index contributed by atoms with van der Waals surface area (Å²) in [5.74, 6) is 1.35. The lowest BCUT2D eigenvalue weighted by atomic mass is 9.99. The van der Waals surface area contributed by atoms with Crippen LogP contribution in [0, 0.1) is 0 Å². The van der Waals surface area contributed by atoms with Crippen molar-refractivity contribution in [2.45, 2.75) is 12.8 Å². The summed E-state index contributed by atoms with van der Waals surface area (Å²) in [5.41, 5.74) is 5.57. The molecular formula is C39H37N3O4. The fraction of sp³-hybridized carbons (Fsp3) is 0.179. The topological polar surface area (TPSA) is 71.1 Å². The van der Waals surface area contributed by atoms with Gasteiger partial charge in [-0.2, -0.15) is 0 Å². The minimum Gasteiger partial charge on any atom is -0.497 e. The molecule has 1 aliphatic rings. The van der Waals surface area contributed by atoms with Crippen LogP contribution < -0.4 is 24.6 Å². The fourth-order valence-electron chi connectivity index (χ4n) is 5.78. The number of nitrogens with zero attached hydrogens (tertiary/aromatic N) is 2. The lowest BCUT2D eigenvalue weighted by molar-refractivity contribution is 0.0986. The molecule has 232 valence electrons. The molecule has 7 heteroatoms. The zero-order valence-corrected chi connectivity index (χ0v) is 25.9. The van der Waals surface area contributed by atoms with Crippen molar-refractivity contribution in [3.63, 3.8) is 0 Å². The number of methoxy groups -OCH3 is 1. The van der Waals surface area contributed by atoms with Crippen molar-refractivity contribution in [2.75, 3.05) is 48.5 Å². The molecule has 0 atom stereocenters. The van der Waals surface area contributed by atoms with Gasteiger partial charge in [0.05, 0.1) is 25.1 Å². The van der Waals surface area contributed by atoms with Gasteiger partial charge in [-0.15, -0.1) is 0 Å². The first-order chi connectivity index (χ1) is 22.6. The summed E-state index contributed by atoms with van der Waals surface area (Å²) < 4.78 is 11.2. The van der Waals surface area contributed by atoms with Crippen LogP contribution in [0.15, 0.2) is 127 Å². The molecule has 5 aromatic rings. The zero-order chi connectivity index (χ0) is 31.7. The summed E-state index contributed by atoms with van der Waals surface area (Å²) in [7, 11) is 1.65. The van der Waals surface area contributed by atoms with Crippen LogP contribution in [-0.4, -0.2) is 45.2 Å². The highest BCUT2D eigenvalue weighted by Gasteiger charge is 2.25. The average molecular weight is 612 g/mol. The summed E-state index contributed by atoms with van der Waals surface area (Å²) in [6.07, 6.45) is 1.69. The number of fused-ring (bicyclic) bond motifs is 1. The second kappa shape index (κ2) is 14.5. The minimum atomic E-state index is -0.200. The Hall–Kier alpha value is -5.56. The Balaban J connectivity index is 1.10. The number of hydrogen-bond donors (Lipinski definition) is 1. The predicted octanol–water partition coefficient (Wildman–Crippen LogP) is 7.94. The highest BCUT2D eigenvalue weighted by Crippen LogP contribution is 2.33. The molecule has 1 N–H and O–H groups in total. The second-order valence-corrected chi connectivity index (χ2v) is 11.1. The maximum Gasteiger partial charge on any atom is 0.258 e. The van der Waals surface area contributed by atoms with Gasteiger partial charge in [0.2, 0.25) is 0 Å². The summed E-state index contributed by atoms with van der Waals surface area (Å²) in [6.45, 7) is 2.87. The van der Waals surface area contributed by atoms with E-state index in [1.807, 2.05) is 102 Å². The van der Waals surface area contributed by atoms with E-state index in [0.717, 1.165) is 59.9 Å². The maximum absolute atomic E-state index is 13.8. The Morgan fingerprint density at radius 1 is 0.717 bits per heavy atom. The van der Waals surface area contributed by atoms with Gasteiger partial charge in [0.1, 0.15) is 11.5 Å². The predicted molar refractivity (Wildman–Crippen MR) is 184 cm³/mol. The monoisotopic (exact) mass is 611 g/mol. The molecular weight excluding hydrogens is 574 g/mol. The van der Waals surface area contributed by atoms with Gasteiger partial charge in [-0.05, 0) is 90.7 Å². The van der Waals surface area contributed by atoms with Crippen molar-refractivity contribution in [3.8, 4) is 22.6 Å². The van der Waals surface area contributed by atoms with Gasteiger partial charge < -0.3 is 24.6 Å². The fourth-order valence-corrected chi connectivity index (χ4v) is 5.78. The normalized spacial score (nSPS) is 12.5. The van der Waals surface area contributed by atoms with Crippen molar-refractivity contribution in [1.82, 2.24) is 0 Å². The SMILES string of the molecule is COc1ccc(OCCCN2CCCN(C(=O)c3ccc(NC(=O)c4ccccc4-c4ccccc4)cc3)c3ccccc32)cc1. The minimum absolute atomic E-state index is 0.0653. The van der Waals surface area contributed by atoms with Crippen LogP contribution in [0.4, 0.5) is 17.1 Å². The molecule has 0 unspecified atom stereocenters. The third-order valence-electron chi connectivity index (χ3n) is 8.11. The molecule has 46 heavy (non-hydrogen) atoms. The molecule has 0 saturated heterocycles. The van der Waals surface area contributed by atoms with Crippen LogP contribution in [0.25, 0.3) is 11.1 Å². The molecule has 6 rings (SSSR count). The molecule has 7 nitrogen and oxygen atoms in total. The Morgan fingerprint density at radius 2 is 1.39 bits per heavy atom. The van der Waals surface area contributed by atoms with Crippen LogP contribution in [0.1, 0.15) is 33.6 Å². The maximum atomic E-state index is 13.8. The molecule has 0 bridgehead atoms. The number of carbonyl (C=O) groups is 2. The van der Waals surface area contributed by atoms with E-state index in [1.54, 1.807) is 31.4 Å². The third-order valence-corrected chi connectivity index (χ3v) is 8.11. The van der Waals surface area contributed by atoms with Crippen LogP contribution in [0.5, 0.6) is 11.5 Å². The largest absolute Gasteiger partial charge is 0.497 e. The van der Waals surface area contributed by atoms with E-state index in [-0.39, 0.29) is 11.8 Å². The lowest BCUT2D eigenvalue weighted by Crippen LogP contribution is -2.31. The standard InChI is InChI=1S/C39H37N3O4/c1-45-32-21-23-33(24-22-32)46-28-10-26-41-25-9-27-42(37-16-8-7-15-36(37)41)39(44)30-17-19-31(20-18-30)40-38(43)35-14-6-5-13-34(35)29-11-3-2-4-12-29/h2-8,11-24H,9-10,25-28H2,1H3,(H,40,43). The number of amides is 2. The molecule has 2 amide bonds. The first-order valence-corrected chi connectivity index (χ1v) is 15.6. The number of carbonyl (C=O) groups excluding carboxylic acids is 2. The molecule has 0 fully saturated rings. The second-order valence-electron chi connectivity index (χ2n) is 11.1. The Morgan fingerprint density at radius 3 is 2.15 bits per heavy atom. The number of hydrogen-bond acceptors (Lipinski definition) is 5. The van der Waals surface area contributed by atoms with Gasteiger partial charge in [-0.1, -0.05) is 60.7 Å². The van der Waals surface area contributed by atoms with Gasteiger partial charge in [0.15, 0.2) is 0 Å². The Kier molecular flexibility index (Phi) is 9.59. The highest BCUT2D eigenvalue weighted by atomic mass is 16.5. The van der Waals surface area contributed by atoms with Gasteiger partial charge in [0, 0.05) is 36.4 Å². The van der Waals surface area contributed by atoms with Crippen molar-refractivity contribution < 1.29 is 19.1 Å². The van der Waals surface area contributed by atoms with E-state index in [4.69, 9.17) is 9.47 Å². The van der Waals surface area contributed by atoms with Crippen LogP contribution in [0.2, 0.25) is 0 Å². The molecule has 5 aromatic carbocycles. The van der Waals surface area contributed by atoms with E-state index in [1.165, 1.54) is 0 Å². The van der Waals surface area contributed by atoms with E-state index in [2.05, 4.69) is 16.3 Å². The van der Waals surface area contributed by atoms with E-state index >= 15 is 0 Å². The third kappa shape index (κ3) is 7.05. The van der Waals surface area contributed by atoms with Gasteiger partial charge in [-0.3, -0.25) is 9.59 Å². The number of ether oxygens (including phenoxy) is 2. The van der Waals surface area contributed by atoms with Crippen LogP contribution in [0.3, 0.4) is 0 Å². The number of anilines is 3. The highest BCUT2D eigenvalue weighted by molar-refractivity contribution is 6.10. The quantitative estimate of drug-likeness (QED) is 0.162. The summed E-state index contributed by atoms with van der Waals surface area (Å²) in [5, 5.41) is 3.00. The Bertz CT molecular complexity index is 1770. The summed E-state index contributed by atoms with van der Waals surface area (Å²) in [4.78, 5) is 31.3. The molecule has 0 spiro atoms. The lowest BCUT2D eigenvalue weighted by Gasteiger charge is -2.27. The van der Waals surface area contributed by atoms with Crippen LogP contribution >= 0.6 is 0 Å². The molecule has 1 heterocycles. The number of nitrogens with one attached hydrogen (secondary N) is 1. The van der Waals surface area contributed by atoms with Gasteiger partial charge >= 0.3 is 0 Å². The molecule has 1 aliphatic heterocycles. The van der Waals surface area contributed by atoms with Crippen LogP contribution in [-0.2, 0) is 0 Å². The molecule has 0 saturated carbocycles. The smallest absolute Gasteiger partial charge is 0.258 e. The van der Waals surface area contributed by atoms with Gasteiger partial charge in [0.25, 0.3) is 11.8 Å². The van der Waals surface area contributed by atoms with Gasteiger partial charge in [-0.25, -0.2) is 0 Å². The van der Waals surface area contributed by atoms with E-state index < -0.39 is 0 Å². The Labute approximate surface area is 270 Å². The first kappa shape index (κ1) is 30.5. The van der Waals surface area contributed by atoms with Crippen molar-refractivity contribution in [2.24, 2.45) is 0 Å². The number of rotatable bonds is 10. The summed E-state index contributed by atoms with van der Waals surface area (Å²) >= 11 is 0. The van der Waals surface area contributed by atoms with Crippen molar-refractivity contribution in [1.29, 1.82) is 0 Å². The first-order valence-electron chi connectivity index (χ1n) is 15.6.